The first kappa shape index (κ1) is 18.4. The summed E-state index contributed by atoms with van der Waals surface area (Å²) in [4.78, 5) is 34.2. The molecule has 0 aliphatic heterocycles. The maximum absolute atomic E-state index is 11.5. The van der Waals surface area contributed by atoms with Gasteiger partial charge in [0.15, 0.2) is 0 Å². The molecule has 0 saturated heterocycles. The molecule has 1 N–H and O–H groups in total. The molecule has 1 atom stereocenters. The number of ether oxygens (including phenoxy) is 2. The first-order valence-electron chi connectivity index (χ1n) is 6.78. The summed E-state index contributed by atoms with van der Waals surface area (Å²) in [6.45, 7) is 7.29. The van der Waals surface area contributed by atoms with Gasteiger partial charge in [0.25, 0.3) is 0 Å². The molecule has 0 fully saturated rings. The van der Waals surface area contributed by atoms with Gasteiger partial charge in [0, 0.05) is 6.42 Å². The van der Waals surface area contributed by atoms with Gasteiger partial charge in [0.05, 0.1) is 25.6 Å². The van der Waals surface area contributed by atoms with Crippen LogP contribution in [0.4, 0.5) is 0 Å². The lowest BCUT2D eigenvalue weighted by molar-refractivity contribution is -0.152. The van der Waals surface area contributed by atoms with Crippen molar-refractivity contribution in [2.45, 2.75) is 47.0 Å². The van der Waals surface area contributed by atoms with E-state index in [0.29, 0.717) is 0 Å². The zero-order valence-electron chi connectivity index (χ0n) is 12.6. The van der Waals surface area contributed by atoms with Crippen LogP contribution < -0.4 is 0 Å². The number of esters is 2. The summed E-state index contributed by atoms with van der Waals surface area (Å²) < 4.78 is 9.63. The SMILES string of the molecule is CCOC(=O)CCC(C(=O)O)C(C)(C)CC(=O)OCC. The van der Waals surface area contributed by atoms with E-state index in [9.17, 15) is 19.5 Å². The summed E-state index contributed by atoms with van der Waals surface area (Å²) in [7, 11) is 0. The third-order valence-electron chi connectivity index (χ3n) is 3.09. The summed E-state index contributed by atoms with van der Waals surface area (Å²) in [6.07, 6.45) is 0.165. The lowest BCUT2D eigenvalue weighted by atomic mass is 9.74. The fourth-order valence-corrected chi connectivity index (χ4v) is 2.05. The highest BCUT2D eigenvalue weighted by atomic mass is 16.5. The molecule has 0 heterocycles. The van der Waals surface area contributed by atoms with Crippen LogP contribution in [0.15, 0.2) is 0 Å². The van der Waals surface area contributed by atoms with Gasteiger partial charge in [-0.3, -0.25) is 14.4 Å². The first-order valence-corrected chi connectivity index (χ1v) is 6.78. The van der Waals surface area contributed by atoms with Crippen LogP contribution >= 0.6 is 0 Å². The minimum Gasteiger partial charge on any atom is -0.481 e. The fourth-order valence-electron chi connectivity index (χ4n) is 2.05. The van der Waals surface area contributed by atoms with Crippen molar-refractivity contribution in [1.82, 2.24) is 0 Å². The van der Waals surface area contributed by atoms with Gasteiger partial charge in [-0.05, 0) is 25.7 Å². The van der Waals surface area contributed by atoms with E-state index in [1.54, 1.807) is 27.7 Å². The van der Waals surface area contributed by atoms with Crippen molar-refractivity contribution >= 4 is 17.9 Å². The molecule has 6 nitrogen and oxygen atoms in total. The number of carbonyl (C=O) groups excluding carboxylic acids is 2. The topological polar surface area (TPSA) is 89.9 Å². The normalized spacial score (nSPS) is 12.6. The van der Waals surface area contributed by atoms with Gasteiger partial charge in [-0.1, -0.05) is 13.8 Å². The Bertz CT molecular complexity index is 348. The summed E-state index contributed by atoms with van der Waals surface area (Å²) in [6, 6.07) is 0. The second-order valence-electron chi connectivity index (χ2n) is 5.20. The molecule has 0 aromatic rings. The molecule has 0 spiro atoms. The average Bonchev–Trinajstić information content (AvgIpc) is 2.27. The fraction of sp³-hybridized carbons (Fsp3) is 0.786. The molecule has 0 aliphatic carbocycles. The summed E-state index contributed by atoms with van der Waals surface area (Å²) in [5.41, 5.74) is -0.787. The number of aliphatic carboxylic acids is 1. The van der Waals surface area contributed by atoms with Crippen LogP contribution in [0.5, 0.6) is 0 Å². The van der Waals surface area contributed by atoms with Gasteiger partial charge in [0.2, 0.25) is 0 Å². The highest BCUT2D eigenvalue weighted by Crippen LogP contribution is 2.34. The van der Waals surface area contributed by atoms with E-state index in [2.05, 4.69) is 0 Å². The maximum atomic E-state index is 11.5. The Labute approximate surface area is 119 Å². The smallest absolute Gasteiger partial charge is 0.307 e. The number of rotatable bonds is 9. The Hall–Kier alpha value is -1.59. The van der Waals surface area contributed by atoms with E-state index < -0.39 is 29.2 Å². The Morgan fingerprint density at radius 1 is 1.05 bits per heavy atom. The van der Waals surface area contributed by atoms with Crippen molar-refractivity contribution < 1.29 is 29.0 Å². The standard InChI is InChI=1S/C14H24O6/c1-5-19-11(15)8-7-10(13(17)18)14(3,4)9-12(16)20-6-2/h10H,5-9H2,1-4H3,(H,17,18). The van der Waals surface area contributed by atoms with Crippen molar-refractivity contribution in [2.24, 2.45) is 11.3 Å². The van der Waals surface area contributed by atoms with Crippen LogP contribution in [0, 0.1) is 11.3 Å². The molecule has 0 amide bonds. The highest BCUT2D eigenvalue weighted by molar-refractivity contribution is 5.76. The molecule has 1 unspecified atom stereocenters. The second-order valence-corrected chi connectivity index (χ2v) is 5.20. The van der Waals surface area contributed by atoms with Gasteiger partial charge in [0.1, 0.15) is 0 Å². The van der Waals surface area contributed by atoms with E-state index >= 15 is 0 Å². The van der Waals surface area contributed by atoms with Gasteiger partial charge < -0.3 is 14.6 Å². The monoisotopic (exact) mass is 288 g/mol. The second kappa shape index (κ2) is 8.55. The molecule has 0 radical (unpaired) electrons. The summed E-state index contributed by atoms with van der Waals surface area (Å²) >= 11 is 0. The van der Waals surface area contributed by atoms with Gasteiger partial charge in [-0.25, -0.2) is 0 Å². The summed E-state index contributed by atoms with van der Waals surface area (Å²) in [5.74, 6) is -2.69. The quantitative estimate of drug-likeness (QED) is 0.653. The third kappa shape index (κ3) is 6.54. The highest BCUT2D eigenvalue weighted by Gasteiger charge is 2.37. The molecule has 0 aliphatic rings. The number of carboxylic acids is 1. The molecule has 0 aromatic carbocycles. The van der Waals surface area contributed by atoms with Gasteiger partial charge in [-0.2, -0.15) is 0 Å². The van der Waals surface area contributed by atoms with Crippen LogP contribution in [0.25, 0.3) is 0 Å². The minimum atomic E-state index is -1.02. The summed E-state index contributed by atoms with van der Waals surface area (Å²) in [5, 5.41) is 9.29. The molecular formula is C14H24O6. The van der Waals surface area contributed by atoms with Crippen molar-refractivity contribution in [3.63, 3.8) is 0 Å². The van der Waals surface area contributed by atoms with Crippen molar-refractivity contribution in [3.05, 3.63) is 0 Å². The average molecular weight is 288 g/mol. The Balaban J connectivity index is 4.67. The van der Waals surface area contributed by atoms with E-state index in [0.717, 1.165) is 0 Å². The third-order valence-corrected chi connectivity index (χ3v) is 3.09. The number of carboxylic acid groups (broad SMARTS) is 1. The largest absolute Gasteiger partial charge is 0.481 e. The molecule has 20 heavy (non-hydrogen) atoms. The van der Waals surface area contributed by atoms with Crippen molar-refractivity contribution in [2.75, 3.05) is 13.2 Å². The van der Waals surface area contributed by atoms with Gasteiger partial charge >= 0.3 is 17.9 Å². The van der Waals surface area contributed by atoms with Crippen LogP contribution in [0.3, 0.4) is 0 Å². The Kier molecular flexibility index (Phi) is 7.87. The maximum Gasteiger partial charge on any atom is 0.307 e. The molecule has 0 rings (SSSR count). The van der Waals surface area contributed by atoms with Crippen molar-refractivity contribution in [3.8, 4) is 0 Å². The number of hydrogen-bond acceptors (Lipinski definition) is 5. The first-order chi connectivity index (χ1) is 9.24. The minimum absolute atomic E-state index is 0.000627. The van der Waals surface area contributed by atoms with E-state index in [-0.39, 0.29) is 32.5 Å². The Morgan fingerprint density at radius 2 is 1.55 bits per heavy atom. The van der Waals surface area contributed by atoms with E-state index in [1.165, 1.54) is 0 Å². The van der Waals surface area contributed by atoms with Gasteiger partial charge in [-0.15, -0.1) is 0 Å². The molecule has 0 bridgehead atoms. The number of carbonyl (C=O) groups is 3. The number of hydrogen-bond donors (Lipinski definition) is 1. The predicted molar refractivity (Wildman–Crippen MR) is 72.0 cm³/mol. The lowest BCUT2D eigenvalue weighted by Gasteiger charge is -2.30. The van der Waals surface area contributed by atoms with Crippen LogP contribution in [0.1, 0.15) is 47.0 Å². The van der Waals surface area contributed by atoms with Crippen LogP contribution in [0.2, 0.25) is 0 Å². The van der Waals surface area contributed by atoms with Crippen LogP contribution in [-0.4, -0.2) is 36.2 Å². The molecule has 116 valence electrons. The molecular weight excluding hydrogens is 264 g/mol. The Morgan fingerprint density at radius 3 is 2.00 bits per heavy atom. The molecule has 6 heteroatoms. The lowest BCUT2D eigenvalue weighted by Crippen LogP contribution is -2.34. The van der Waals surface area contributed by atoms with Crippen molar-refractivity contribution in [1.29, 1.82) is 0 Å². The molecule has 0 saturated carbocycles. The zero-order chi connectivity index (χ0) is 15.8. The predicted octanol–water partition coefficient (Wildman–Crippen LogP) is 2.01. The molecule has 0 aromatic heterocycles. The van der Waals surface area contributed by atoms with Crippen LogP contribution in [-0.2, 0) is 23.9 Å². The zero-order valence-corrected chi connectivity index (χ0v) is 12.6. The van der Waals surface area contributed by atoms with E-state index in [4.69, 9.17) is 9.47 Å². The van der Waals surface area contributed by atoms with E-state index in [1.807, 2.05) is 0 Å².